The number of aryl methyl sites for hydroxylation is 1. The van der Waals surface area contributed by atoms with Gasteiger partial charge in [0.25, 0.3) is 0 Å². The van der Waals surface area contributed by atoms with E-state index in [4.69, 9.17) is 0 Å². The highest BCUT2D eigenvalue weighted by Crippen LogP contribution is 2.34. The number of hydrogen-bond donors (Lipinski definition) is 3. The van der Waals surface area contributed by atoms with Gasteiger partial charge in [-0.1, -0.05) is 24.3 Å². The maximum absolute atomic E-state index is 11.8. The Hall–Kier alpha value is -1.20. The summed E-state index contributed by atoms with van der Waals surface area (Å²) in [5.41, 5.74) is 1.21. The van der Waals surface area contributed by atoms with Gasteiger partial charge in [-0.15, -0.1) is 0 Å². The zero-order valence-electron chi connectivity index (χ0n) is 12.5. The van der Waals surface area contributed by atoms with Gasteiger partial charge >= 0.3 is 6.03 Å². The predicted molar refractivity (Wildman–Crippen MR) is 87.7 cm³/mol. The number of thioether (sulfide) groups is 1. The first kappa shape index (κ1) is 16.2. The summed E-state index contributed by atoms with van der Waals surface area (Å²) in [4.78, 5) is 11.8. The Labute approximate surface area is 130 Å². The van der Waals surface area contributed by atoms with Crippen molar-refractivity contribution >= 4 is 17.8 Å². The van der Waals surface area contributed by atoms with Crippen molar-refractivity contribution in [1.29, 1.82) is 0 Å². The maximum Gasteiger partial charge on any atom is 0.314 e. The largest absolute Gasteiger partial charge is 0.383 e. The van der Waals surface area contributed by atoms with Crippen LogP contribution in [0.3, 0.4) is 0 Å². The van der Waals surface area contributed by atoms with E-state index in [1.165, 1.54) is 5.56 Å². The van der Waals surface area contributed by atoms with Gasteiger partial charge in [-0.3, -0.25) is 0 Å². The summed E-state index contributed by atoms with van der Waals surface area (Å²) >= 11 is 1.77. The zero-order chi connectivity index (χ0) is 15.1. The lowest BCUT2D eigenvalue weighted by molar-refractivity contribution is 0.0217. The van der Waals surface area contributed by atoms with E-state index in [0.29, 0.717) is 13.0 Å². The molecule has 0 radical (unpaired) electrons. The van der Waals surface area contributed by atoms with Gasteiger partial charge < -0.3 is 15.7 Å². The van der Waals surface area contributed by atoms with Crippen molar-refractivity contribution in [3.05, 3.63) is 35.4 Å². The Kier molecular flexibility index (Phi) is 5.94. The Morgan fingerprint density at radius 3 is 3.00 bits per heavy atom. The van der Waals surface area contributed by atoms with E-state index in [9.17, 15) is 9.90 Å². The SMILES string of the molecule is CSCCCNC(=O)NCC1(O)CCCc2ccccc21. The molecule has 2 amide bonds. The smallest absolute Gasteiger partial charge is 0.314 e. The third-order valence-electron chi connectivity index (χ3n) is 3.91. The second-order valence-electron chi connectivity index (χ2n) is 5.50. The fourth-order valence-corrected chi connectivity index (χ4v) is 3.22. The topological polar surface area (TPSA) is 61.4 Å². The average molecular weight is 308 g/mol. The number of hydrogen-bond acceptors (Lipinski definition) is 3. The third-order valence-corrected chi connectivity index (χ3v) is 4.60. The molecule has 1 aliphatic carbocycles. The van der Waals surface area contributed by atoms with Gasteiger partial charge in [-0.2, -0.15) is 11.8 Å². The summed E-state index contributed by atoms with van der Waals surface area (Å²) in [6, 6.07) is 7.76. The lowest BCUT2D eigenvalue weighted by atomic mass is 9.79. The van der Waals surface area contributed by atoms with Crippen LogP contribution < -0.4 is 10.6 Å². The van der Waals surface area contributed by atoms with Crippen LogP contribution in [0, 0.1) is 0 Å². The molecule has 1 atom stereocenters. The van der Waals surface area contributed by atoms with E-state index in [2.05, 4.69) is 23.0 Å². The van der Waals surface area contributed by atoms with Crippen molar-refractivity contribution in [1.82, 2.24) is 10.6 Å². The Morgan fingerprint density at radius 2 is 2.19 bits per heavy atom. The summed E-state index contributed by atoms with van der Waals surface area (Å²) in [6.45, 7) is 0.931. The minimum atomic E-state index is -0.939. The molecule has 1 unspecified atom stereocenters. The van der Waals surface area contributed by atoms with E-state index in [1.54, 1.807) is 11.8 Å². The first-order valence-corrected chi connectivity index (χ1v) is 8.86. The zero-order valence-corrected chi connectivity index (χ0v) is 13.3. The molecule has 0 aliphatic heterocycles. The summed E-state index contributed by atoms with van der Waals surface area (Å²) in [7, 11) is 0. The van der Waals surface area contributed by atoms with Crippen LogP contribution in [0.25, 0.3) is 0 Å². The molecule has 1 aliphatic rings. The molecule has 0 bridgehead atoms. The van der Waals surface area contributed by atoms with Crippen molar-refractivity contribution in [3.63, 3.8) is 0 Å². The van der Waals surface area contributed by atoms with Gasteiger partial charge in [0.15, 0.2) is 0 Å². The Balaban J connectivity index is 1.86. The number of carbonyl (C=O) groups excluding carboxylic acids is 1. The van der Waals surface area contributed by atoms with Crippen LogP contribution in [0.15, 0.2) is 24.3 Å². The molecule has 116 valence electrons. The highest BCUT2D eigenvalue weighted by molar-refractivity contribution is 7.98. The Morgan fingerprint density at radius 1 is 1.38 bits per heavy atom. The van der Waals surface area contributed by atoms with Crippen molar-refractivity contribution < 1.29 is 9.90 Å². The van der Waals surface area contributed by atoms with E-state index >= 15 is 0 Å². The third kappa shape index (κ3) is 4.38. The summed E-state index contributed by atoms with van der Waals surface area (Å²) < 4.78 is 0. The molecule has 2 rings (SSSR count). The molecule has 3 N–H and O–H groups in total. The molecular weight excluding hydrogens is 284 g/mol. The number of fused-ring (bicyclic) bond motifs is 1. The second kappa shape index (κ2) is 7.71. The predicted octanol–water partition coefficient (Wildman–Crippen LogP) is 2.26. The molecule has 0 aromatic heterocycles. The average Bonchev–Trinajstić information content (AvgIpc) is 2.50. The molecule has 0 fully saturated rings. The first-order valence-electron chi connectivity index (χ1n) is 7.47. The number of nitrogens with one attached hydrogen (secondary N) is 2. The highest BCUT2D eigenvalue weighted by Gasteiger charge is 2.34. The molecule has 4 nitrogen and oxygen atoms in total. The van der Waals surface area contributed by atoms with Gasteiger partial charge in [0.05, 0.1) is 6.54 Å². The molecule has 5 heteroatoms. The van der Waals surface area contributed by atoms with E-state index in [0.717, 1.165) is 30.6 Å². The number of amides is 2. The molecule has 1 aromatic carbocycles. The lowest BCUT2D eigenvalue weighted by Gasteiger charge is -2.34. The first-order chi connectivity index (χ1) is 10.2. The number of urea groups is 1. The molecule has 21 heavy (non-hydrogen) atoms. The van der Waals surface area contributed by atoms with E-state index in [-0.39, 0.29) is 12.6 Å². The van der Waals surface area contributed by atoms with Crippen LogP contribution in [0.2, 0.25) is 0 Å². The molecule has 0 spiro atoms. The minimum absolute atomic E-state index is 0.201. The number of carbonyl (C=O) groups is 1. The van der Waals surface area contributed by atoms with Crippen molar-refractivity contribution in [2.24, 2.45) is 0 Å². The van der Waals surface area contributed by atoms with Gasteiger partial charge in [0.1, 0.15) is 5.60 Å². The van der Waals surface area contributed by atoms with Crippen LogP contribution in [-0.2, 0) is 12.0 Å². The number of aliphatic hydroxyl groups is 1. The van der Waals surface area contributed by atoms with Gasteiger partial charge in [0.2, 0.25) is 0 Å². The highest BCUT2D eigenvalue weighted by atomic mass is 32.2. The standard InChI is InChI=1S/C16H24N2O2S/c1-21-11-5-10-17-15(19)18-12-16(20)9-4-7-13-6-2-3-8-14(13)16/h2-3,6,8,20H,4-5,7,9-12H2,1H3,(H2,17,18,19). The second-order valence-corrected chi connectivity index (χ2v) is 6.48. The minimum Gasteiger partial charge on any atom is -0.383 e. The molecule has 0 heterocycles. The van der Waals surface area contributed by atoms with Crippen molar-refractivity contribution in [3.8, 4) is 0 Å². The summed E-state index contributed by atoms with van der Waals surface area (Å²) in [6.07, 6.45) is 5.65. The van der Waals surface area contributed by atoms with E-state index < -0.39 is 5.60 Å². The molecule has 1 aromatic rings. The number of benzene rings is 1. The van der Waals surface area contributed by atoms with E-state index in [1.807, 2.05) is 18.2 Å². The van der Waals surface area contributed by atoms with Crippen LogP contribution >= 0.6 is 11.8 Å². The molecule has 0 saturated heterocycles. The van der Waals surface area contributed by atoms with Crippen molar-refractivity contribution in [2.45, 2.75) is 31.3 Å². The maximum atomic E-state index is 11.8. The van der Waals surface area contributed by atoms with Crippen LogP contribution in [0.1, 0.15) is 30.4 Å². The fraction of sp³-hybridized carbons (Fsp3) is 0.562. The monoisotopic (exact) mass is 308 g/mol. The van der Waals surface area contributed by atoms with Gasteiger partial charge in [-0.05, 0) is 48.8 Å². The molecule has 0 saturated carbocycles. The summed E-state index contributed by atoms with van der Waals surface area (Å²) in [5.74, 6) is 1.04. The van der Waals surface area contributed by atoms with Gasteiger partial charge in [-0.25, -0.2) is 4.79 Å². The summed E-state index contributed by atoms with van der Waals surface area (Å²) in [5, 5.41) is 16.5. The fourth-order valence-electron chi connectivity index (χ4n) is 2.79. The lowest BCUT2D eigenvalue weighted by Crippen LogP contribution is -2.46. The van der Waals surface area contributed by atoms with Gasteiger partial charge in [0, 0.05) is 6.54 Å². The van der Waals surface area contributed by atoms with Crippen LogP contribution in [-0.4, -0.2) is 36.2 Å². The Bertz CT molecular complexity index is 481. The molecular formula is C16H24N2O2S. The van der Waals surface area contributed by atoms with Crippen molar-refractivity contribution in [2.75, 3.05) is 25.1 Å². The normalized spacial score (nSPS) is 20.7. The number of rotatable bonds is 6. The quantitative estimate of drug-likeness (QED) is 0.707. The van der Waals surface area contributed by atoms with Crippen LogP contribution in [0.5, 0.6) is 0 Å². The van der Waals surface area contributed by atoms with Crippen LogP contribution in [0.4, 0.5) is 4.79 Å².